The van der Waals surface area contributed by atoms with E-state index in [1.54, 1.807) is 26.1 Å². The summed E-state index contributed by atoms with van der Waals surface area (Å²) in [6.45, 7) is 3.59. The van der Waals surface area contributed by atoms with Crippen LogP contribution >= 0.6 is 15.9 Å². The third-order valence-corrected chi connectivity index (χ3v) is 7.98. The van der Waals surface area contributed by atoms with Crippen LogP contribution in [0.2, 0.25) is 0 Å². The highest BCUT2D eigenvalue weighted by Gasteiger charge is 2.32. The summed E-state index contributed by atoms with van der Waals surface area (Å²) in [5.41, 5.74) is 3.64. The van der Waals surface area contributed by atoms with E-state index in [9.17, 15) is 14.4 Å². The number of aryl methyl sites for hydroxylation is 1. The fourth-order valence-corrected chi connectivity index (χ4v) is 5.25. The summed E-state index contributed by atoms with van der Waals surface area (Å²) >= 11 is 3.63. The number of nitrogens with one attached hydrogen (secondary N) is 3. The van der Waals surface area contributed by atoms with Crippen LogP contribution < -0.4 is 15.5 Å². The van der Waals surface area contributed by atoms with Crippen LogP contribution in [0.4, 0.5) is 17.2 Å². The monoisotopic (exact) mass is 593 g/mol. The Labute approximate surface area is 236 Å². The van der Waals surface area contributed by atoms with Crippen LogP contribution in [0.1, 0.15) is 68.2 Å². The number of carbonyl (C=O) groups excluding carboxylic acids is 3. The summed E-state index contributed by atoms with van der Waals surface area (Å²) < 4.78 is 6.99. The van der Waals surface area contributed by atoms with Crippen LogP contribution in [0.3, 0.4) is 0 Å². The molecule has 2 aliphatic rings. The van der Waals surface area contributed by atoms with Crippen molar-refractivity contribution in [3.8, 4) is 11.8 Å². The number of nitrogens with zero attached hydrogens (tertiary/aromatic N) is 2. The molecule has 2 aliphatic carbocycles. The molecule has 10 heteroatoms. The number of aromatic nitrogens is 1. The smallest absolute Gasteiger partial charge is 0.308 e. The van der Waals surface area contributed by atoms with Gasteiger partial charge in [0.05, 0.1) is 11.4 Å². The van der Waals surface area contributed by atoms with Gasteiger partial charge in [-0.25, -0.2) is 4.98 Å². The number of ether oxygens (including phenoxy) is 1. The molecule has 2 fully saturated rings. The normalized spacial score (nSPS) is 18.3. The van der Waals surface area contributed by atoms with Crippen LogP contribution in [-0.2, 0) is 19.1 Å². The zero-order valence-corrected chi connectivity index (χ0v) is 23.9. The van der Waals surface area contributed by atoms with E-state index in [1.807, 2.05) is 13.0 Å². The van der Waals surface area contributed by atoms with Gasteiger partial charge in [0.25, 0.3) is 0 Å². The van der Waals surface area contributed by atoms with Gasteiger partial charge in [0.15, 0.2) is 0 Å². The number of hydrogen-bond donors (Lipinski definition) is 3. The Morgan fingerprint density at radius 2 is 1.90 bits per heavy atom. The molecule has 0 unspecified atom stereocenters. The number of carbonyl (C=O) groups is 3. The Kier molecular flexibility index (Phi) is 9.02. The van der Waals surface area contributed by atoms with E-state index in [0.29, 0.717) is 49.5 Å². The number of rotatable bonds is 8. The first-order chi connectivity index (χ1) is 18.8. The zero-order valence-electron chi connectivity index (χ0n) is 22.3. The van der Waals surface area contributed by atoms with Gasteiger partial charge >= 0.3 is 5.91 Å². The third-order valence-electron chi connectivity index (χ3n) is 7.13. The lowest BCUT2D eigenvalue weighted by Crippen LogP contribution is -2.34. The van der Waals surface area contributed by atoms with Crippen LogP contribution in [0.15, 0.2) is 28.7 Å². The van der Waals surface area contributed by atoms with Crippen LogP contribution in [0.25, 0.3) is 0 Å². The number of imide groups is 1. The molecule has 1 heterocycles. The highest BCUT2D eigenvalue weighted by molar-refractivity contribution is 9.10. The number of amides is 3. The first-order valence-corrected chi connectivity index (χ1v) is 13.8. The Morgan fingerprint density at radius 1 is 1.18 bits per heavy atom. The molecule has 3 N–H and O–H groups in total. The SMILES string of the molecule is CC#CC(=O)N(c1ccc(NC)c(C(=N)OC2CCC(C(=O)NC=O)CC2)n1)c1cc(C)c(Br)cc1C1CC1. The molecular weight excluding hydrogens is 562 g/mol. The summed E-state index contributed by atoms with van der Waals surface area (Å²) in [6.07, 6.45) is 4.54. The molecule has 0 saturated heterocycles. The van der Waals surface area contributed by atoms with E-state index < -0.39 is 5.91 Å². The second-order valence-electron chi connectivity index (χ2n) is 9.81. The molecule has 204 valence electrons. The van der Waals surface area contributed by atoms with Crippen molar-refractivity contribution < 1.29 is 19.1 Å². The zero-order chi connectivity index (χ0) is 28.1. The van der Waals surface area contributed by atoms with Gasteiger partial charge in [0.1, 0.15) is 17.6 Å². The second-order valence-corrected chi connectivity index (χ2v) is 10.7. The number of hydrogen-bond acceptors (Lipinski definition) is 7. The van der Waals surface area contributed by atoms with Gasteiger partial charge in [-0.15, -0.1) is 0 Å². The molecule has 0 radical (unpaired) electrons. The quantitative estimate of drug-likeness (QED) is 0.172. The fraction of sp³-hybridized carbons (Fsp3) is 0.414. The maximum absolute atomic E-state index is 13.4. The maximum atomic E-state index is 13.4. The number of anilines is 3. The summed E-state index contributed by atoms with van der Waals surface area (Å²) in [6, 6.07) is 7.56. The molecule has 0 spiro atoms. The average Bonchev–Trinajstić information content (AvgIpc) is 3.77. The van der Waals surface area contributed by atoms with E-state index in [2.05, 4.69) is 44.5 Å². The van der Waals surface area contributed by atoms with Gasteiger partial charge < -0.3 is 10.1 Å². The van der Waals surface area contributed by atoms with Gasteiger partial charge in [0.2, 0.25) is 18.2 Å². The van der Waals surface area contributed by atoms with E-state index in [-0.39, 0.29) is 29.5 Å². The van der Waals surface area contributed by atoms with Gasteiger partial charge in [-0.1, -0.05) is 21.9 Å². The predicted molar refractivity (Wildman–Crippen MR) is 153 cm³/mol. The number of halogens is 1. The van der Waals surface area contributed by atoms with Gasteiger partial charge in [-0.2, -0.15) is 0 Å². The summed E-state index contributed by atoms with van der Waals surface area (Å²) in [5, 5.41) is 14.0. The van der Waals surface area contributed by atoms with Crippen molar-refractivity contribution in [2.24, 2.45) is 5.92 Å². The molecule has 3 amide bonds. The minimum atomic E-state index is -0.406. The lowest BCUT2D eigenvalue weighted by molar-refractivity contribution is -0.129. The molecule has 9 nitrogen and oxygen atoms in total. The second kappa shape index (κ2) is 12.4. The Morgan fingerprint density at radius 3 is 2.51 bits per heavy atom. The van der Waals surface area contributed by atoms with Crippen molar-refractivity contribution in [2.45, 2.75) is 64.4 Å². The highest BCUT2D eigenvalue weighted by Crippen LogP contribution is 2.47. The first kappa shape index (κ1) is 28.3. The molecule has 2 saturated carbocycles. The minimum Gasteiger partial charge on any atom is -0.473 e. The topological polar surface area (TPSA) is 124 Å². The van der Waals surface area contributed by atoms with Crippen LogP contribution in [0, 0.1) is 30.1 Å². The molecule has 0 aliphatic heterocycles. The molecular formula is C29H32BrN5O4. The average molecular weight is 595 g/mol. The van der Waals surface area contributed by atoms with E-state index in [0.717, 1.165) is 34.1 Å². The van der Waals surface area contributed by atoms with E-state index in [1.165, 1.54) is 4.90 Å². The third kappa shape index (κ3) is 6.48. The Balaban J connectivity index is 1.64. The molecule has 2 aromatic rings. The van der Waals surface area contributed by atoms with Gasteiger partial charge in [-0.3, -0.25) is 30.0 Å². The Hall–Kier alpha value is -3.71. The molecule has 4 rings (SSSR count). The summed E-state index contributed by atoms with van der Waals surface area (Å²) in [7, 11) is 1.74. The predicted octanol–water partition coefficient (Wildman–Crippen LogP) is 4.93. The summed E-state index contributed by atoms with van der Waals surface area (Å²) in [5.74, 6) is 5.03. The van der Waals surface area contributed by atoms with Crippen molar-refractivity contribution in [2.75, 3.05) is 17.3 Å². The van der Waals surface area contributed by atoms with Crippen molar-refractivity contribution in [1.82, 2.24) is 10.3 Å². The standard InChI is InChI=1S/C29H32BrN5O4/c1-4-5-26(37)35(24-14-17(2)22(30)15-21(24)18-6-7-18)25-13-12-23(32-3)27(34-25)28(31)39-20-10-8-19(9-11-20)29(38)33-16-36/h12-16,18-20,31-32H,6-11H2,1-3H3,(H,33,36,38). The number of benzene rings is 1. The van der Waals surface area contributed by atoms with Gasteiger partial charge in [0, 0.05) is 17.4 Å². The fourth-order valence-electron chi connectivity index (χ4n) is 4.89. The molecule has 0 atom stereocenters. The lowest BCUT2D eigenvalue weighted by atomic mass is 9.87. The summed E-state index contributed by atoms with van der Waals surface area (Å²) in [4.78, 5) is 42.2. The highest BCUT2D eigenvalue weighted by atomic mass is 79.9. The van der Waals surface area contributed by atoms with Crippen molar-refractivity contribution in [3.63, 3.8) is 0 Å². The van der Waals surface area contributed by atoms with Crippen molar-refractivity contribution >= 4 is 57.2 Å². The molecule has 0 bridgehead atoms. The van der Waals surface area contributed by atoms with E-state index >= 15 is 0 Å². The molecule has 39 heavy (non-hydrogen) atoms. The maximum Gasteiger partial charge on any atom is 0.308 e. The van der Waals surface area contributed by atoms with Gasteiger partial charge in [-0.05, 0) is 99.6 Å². The molecule has 1 aromatic carbocycles. The Bertz CT molecular complexity index is 1350. The van der Waals surface area contributed by atoms with Crippen LogP contribution in [0.5, 0.6) is 0 Å². The first-order valence-electron chi connectivity index (χ1n) is 13.0. The van der Waals surface area contributed by atoms with E-state index in [4.69, 9.17) is 15.1 Å². The van der Waals surface area contributed by atoms with Crippen molar-refractivity contribution in [1.29, 1.82) is 5.41 Å². The van der Waals surface area contributed by atoms with Crippen LogP contribution in [-0.4, -0.2) is 42.3 Å². The molecule has 1 aromatic heterocycles. The number of pyridine rings is 1. The minimum absolute atomic E-state index is 0.120. The lowest BCUT2D eigenvalue weighted by Gasteiger charge is -2.28. The largest absolute Gasteiger partial charge is 0.473 e. The van der Waals surface area contributed by atoms with Crippen molar-refractivity contribution in [3.05, 3.63) is 45.6 Å².